The maximum absolute atomic E-state index is 13.8. The Hall–Kier alpha value is -4.37. The molecule has 2 aliphatic heterocycles. The second kappa shape index (κ2) is 6.81. The fourth-order valence-electron chi connectivity index (χ4n) is 5.30. The van der Waals surface area contributed by atoms with E-state index >= 15 is 0 Å². The van der Waals surface area contributed by atoms with Crippen LogP contribution in [0.2, 0.25) is 0 Å². The summed E-state index contributed by atoms with van der Waals surface area (Å²) >= 11 is 0. The van der Waals surface area contributed by atoms with Gasteiger partial charge in [0, 0.05) is 16.5 Å². The lowest BCUT2D eigenvalue weighted by atomic mass is 9.88. The average molecular weight is 425 g/mol. The van der Waals surface area contributed by atoms with E-state index in [9.17, 15) is 4.79 Å². The highest BCUT2D eigenvalue weighted by Crippen LogP contribution is 2.49. The molecule has 0 bridgehead atoms. The summed E-state index contributed by atoms with van der Waals surface area (Å²) in [6.45, 7) is 0. The van der Waals surface area contributed by atoms with Gasteiger partial charge in [0.1, 0.15) is 6.17 Å². The van der Waals surface area contributed by atoms with E-state index in [4.69, 9.17) is 0 Å². The Morgan fingerprint density at radius 2 is 1.39 bits per heavy atom. The summed E-state index contributed by atoms with van der Waals surface area (Å²) in [7, 11) is 0. The number of benzene rings is 5. The molecule has 0 saturated carbocycles. The van der Waals surface area contributed by atoms with Crippen LogP contribution in [0.3, 0.4) is 0 Å². The van der Waals surface area contributed by atoms with Crippen molar-refractivity contribution in [1.29, 1.82) is 0 Å². The summed E-state index contributed by atoms with van der Waals surface area (Å²) < 4.78 is 0. The van der Waals surface area contributed by atoms with E-state index in [1.165, 1.54) is 0 Å². The number of amides is 1. The maximum Gasteiger partial charge on any atom is 0.260 e. The van der Waals surface area contributed by atoms with Crippen LogP contribution in [-0.2, 0) is 0 Å². The van der Waals surface area contributed by atoms with Gasteiger partial charge in [-0.2, -0.15) is 0 Å². The third-order valence-electron chi connectivity index (χ3n) is 6.82. The topological polar surface area (TPSA) is 32.3 Å². The van der Waals surface area contributed by atoms with Gasteiger partial charge in [0.05, 0.1) is 11.4 Å². The number of rotatable bonds is 2. The Labute approximate surface area is 191 Å². The zero-order valence-corrected chi connectivity index (χ0v) is 17.8. The highest BCUT2D eigenvalue weighted by Gasteiger charge is 2.40. The summed E-state index contributed by atoms with van der Waals surface area (Å²) in [6, 6.07) is 37.4. The van der Waals surface area contributed by atoms with Crippen LogP contribution < -0.4 is 10.2 Å². The molecule has 1 unspecified atom stereocenters. The Balaban J connectivity index is 1.41. The molecular weight excluding hydrogens is 404 g/mol. The standard InChI is InChI=1S/C30H20N2O/c33-30-25-13-7-12-23-22(20-10-5-2-6-11-20)15-16-24(28(23)25)29-31-26-17-14-21(18-27(26)32(29)30)19-8-3-1-4-9-19/h1-18,29,31H. The molecule has 2 aliphatic rings. The Morgan fingerprint density at radius 1 is 0.636 bits per heavy atom. The van der Waals surface area contributed by atoms with Gasteiger partial charge in [0.25, 0.3) is 5.91 Å². The number of hydrogen-bond acceptors (Lipinski definition) is 2. The van der Waals surface area contributed by atoms with Crippen molar-refractivity contribution < 1.29 is 4.79 Å². The van der Waals surface area contributed by atoms with Crippen molar-refractivity contribution in [2.45, 2.75) is 6.17 Å². The molecule has 0 fully saturated rings. The van der Waals surface area contributed by atoms with E-state index in [1.54, 1.807) is 0 Å². The molecule has 7 rings (SSSR count). The molecule has 0 aliphatic carbocycles. The Morgan fingerprint density at radius 3 is 2.18 bits per heavy atom. The largest absolute Gasteiger partial charge is 0.359 e. The van der Waals surface area contributed by atoms with E-state index in [0.29, 0.717) is 0 Å². The van der Waals surface area contributed by atoms with E-state index in [-0.39, 0.29) is 12.1 Å². The third-order valence-corrected chi connectivity index (χ3v) is 6.82. The molecule has 0 spiro atoms. The van der Waals surface area contributed by atoms with Crippen molar-refractivity contribution in [3.63, 3.8) is 0 Å². The summed E-state index contributed by atoms with van der Waals surface area (Å²) in [5.74, 6) is 0.0415. The lowest BCUT2D eigenvalue weighted by Gasteiger charge is -2.32. The third kappa shape index (κ3) is 2.60. The molecule has 1 atom stereocenters. The van der Waals surface area contributed by atoms with Crippen LogP contribution in [0.4, 0.5) is 11.4 Å². The van der Waals surface area contributed by atoms with Crippen molar-refractivity contribution in [2.24, 2.45) is 0 Å². The summed E-state index contributed by atoms with van der Waals surface area (Å²) in [5, 5.41) is 5.78. The first-order valence-electron chi connectivity index (χ1n) is 11.2. The summed E-state index contributed by atoms with van der Waals surface area (Å²) in [5.41, 5.74) is 8.37. The smallest absolute Gasteiger partial charge is 0.260 e. The van der Waals surface area contributed by atoms with Crippen molar-refractivity contribution in [3.8, 4) is 22.3 Å². The molecule has 33 heavy (non-hydrogen) atoms. The second-order valence-electron chi connectivity index (χ2n) is 8.62. The number of carbonyl (C=O) groups excluding carboxylic acids is 1. The molecule has 0 aromatic heterocycles. The Kier molecular flexibility index (Phi) is 3.76. The van der Waals surface area contributed by atoms with Gasteiger partial charge in [-0.25, -0.2) is 0 Å². The summed E-state index contributed by atoms with van der Waals surface area (Å²) in [4.78, 5) is 15.7. The number of fused-ring (bicyclic) bond motifs is 4. The van der Waals surface area contributed by atoms with Gasteiger partial charge in [-0.05, 0) is 45.8 Å². The predicted molar refractivity (Wildman–Crippen MR) is 134 cm³/mol. The fraction of sp³-hybridized carbons (Fsp3) is 0.0333. The zero-order chi connectivity index (χ0) is 21.9. The van der Waals surface area contributed by atoms with Crippen LogP contribution in [0.1, 0.15) is 22.1 Å². The van der Waals surface area contributed by atoms with Crippen LogP contribution in [-0.4, -0.2) is 5.91 Å². The van der Waals surface area contributed by atoms with Gasteiger partial charge in [-0.15, -0.1) is 0 Å². The molecule has 5 aromatic rings. The van der Waals surface area contributed by atoms with Crippen molar-refractivity contribution in [2.75, 3.05) is 10.2 Å². The number of anilines is 2. The zero-order valence-electron chi connectivity index (χ0n) is 17.8. The van der Waals surface area contributed by atoms with Crippen LogP contribution in [0.25, 0.3) is 33.0 Å². The molecule has 1 amide bonds. The lowest BCUT2D eigenvalue weighted by Crippen LogP contribution is -2.37. The van der Waals surface area contributed by atoms with E-state index in [0.717, 1.165) is 55.5 Å². The van der Waals surface area contributed by atoms with E-state index in [1.807, 2.05) is 41.3 Å². The summed E-state index contributed by atoms with van der Waals surface area (Å²) in [6.07, 6.45) is -0.208. The molecule has 156 valence electrons. The molecule has 5 aromatic carbocycles. The number of carbonyl (C=O) groups is 1. The monoisotopic (exact) mass is 424 g/mol. The van der Waals surface area contributed by atoms with Gasteiger partial charge in [-0.3, -0.25) is 9.69 Å². The van der Waals surface area contributed by atoms with E-state index < -0.39 is 0 Å². The van der Waals surface area contributed by atoms with Crippen LogP contribution in [0, 0.1) is 0 Å². The second-order valence-corrected chi connectivity index (χ2v) is 8.62. The molecule has 3 nitrogen and oxygen atoms in total. The van der Waals surface area contributed by atoms with Gasteiger partial charge in [-0.1, -0.05) is 91.0 Å². The van der Waals surface area contributed by atoms with Crippen LogP contribution >= 0.6 is 0 Å². The number of nitrogens with one attached hydrogen (secondary N) is 1. The first-order valence-corrected chi connectivity index (χ1v) is 11.2. The highest BCUT2D eigenvalue weighted by atomic mass is 16.2. The van der Waals surface area contributed by atoms with Gasteiger partial charge < -0.3 is 5.32 Å². The van der Waals surface area contributed by atoms with Crippen molar-refractivity contribution >= 4 is 28.1 Å². The minimum absolute atomic E-state index is 0.0415. The molecule has 2 heterocycles. The molecule has 3 heteroatoms. The SMILES string of the molecule is O=C1c2cccc3c(-c4ccccc4)ccc(c23)C2Nc3ccc(-c4ccccc4)cc3N12. The molecule has 0 saturated heterocycles. The molecule has 1 N–H and O–H groups in total. The normalized spacial score (nSPS) is 15.8. The first-order chi connectivity index (χ1) is 16.3. The van der Waals surface area contributed by atoms with Crippen molar-refractivity contribution in [3.05, 3.63) is 120 Å². The predicted octanol–water partition coefficient (Wildman–Crippen LogP) is 7.26. The van der Waals surface area contributed by atoms with Gasteiger partial charge in [0.2, 0.25) is 0 Å². The Bertz CT molecular complexity index is 1560. The van der Waals surface area contributed by atoms with Gasteiger partial charge >= 0.3 is 0 Å². The molecular formula is C30H20N2O. The van der Waals surface area contributed by atoms with Crippen LogP contribution in [0.15, 0.2) is 109 Å². The number of hydrogen-bond donors (Lipinski definition) is 1. The minimum Gasteiger partial charge on any atom is -0.359 e. The first kappa shape index (κ1) is 18.2. The molecule has 0 radical (unpaired) electrons. The highest BCUT2D eigenvalue weighted by molar-refractivity contribution is 6.21. The quantitative estimate of drug-likeness (QED) is 0.323. The number of nitrogens with zero attached hydrogens (tertiary/aromatic N) is 1. The maximum atomic E-state index is 13.8. The van der Waals surface area contributed by atoms with E-state index in [2.05, 4.69) is 78.1 Å². The fourth-order valence-corrected chi connectivity index (χ4v) is 5.30. The average Bonchev–Trinajstić information content (AvgIpc) is 3.27. The minimum atomic E-state index is -0.208. The lowest BCUT2D eigenvalue weighted by molar-refractivity contribution is 0.0980. The van der Waals surface area contributed by atoms with Crippen LogP contribution in [0.5, 0.6) is 0 Å². The van der Waals surface area contributed by atoms with Gasteiger partial charge in [0.15, 0.2) is 0 Å². The van der Waals surface area contributed by atoms with Crippen molar-refractivity contribution in [1.82, 2.24) is 0 Å².